The van der Waals surface area contributed by atoms with E-state index in [4.69, 9.17) is 9.47 Å². The molecular formula is C34H61NO9. The van der Waals surface area contributed by atoms with Crippen LogP contribution in [0.15, 0.2) is 25.3 Å². The predicted molar refractivity (Wildman–Crippen MR) is 172 cm³/mol. The Labute approximate surface area is 265 Å². The van der Waals surface area contributed by atoms with E-state index in [1.165, 1.54) is 12.8 Å². The molecule has 44 heavy (non-hydrogen) atoms. The van der Waals surface area contributed by atoms with Gasteiger partial charge in [0.1, 0.15) is 18.2 Å². The number of unbranched alkanes of at least 4 members (excludes halogenated alkanes) is 14. The number of aliphatic hydroxyl groups is 4. The summed E-state index contributed by atoms with van der Waals surface area (Å²) in [6.45, 7) is 9.43. The Morgan fingerprint density at radius 2 is 1.14 bits per heavy atom. The first-order chi connectivity index (χ1) is 21.2. The summed E-state index contributed by atoms with van der Waals surface area (Å²) < 4.78 is 10.6. The summed E-state index contributed by atoms with van der Waals surface area (Å²) in [6.07, 6.45) is 13.1. The molecule has 0 saturated heterocycles. The van der Waals surface area contributed by atoms with Crippen LogP contribution >= 0.6 is 0 Å². The number of hydrogen-bond acceptors (Lipinski definition) is 9. The van der Waals surface area contributed by atoms with Crippen molar-refractivity contribution in [1.82, 2.24) is 5.32 Å². The normalized spacial score (nSPS) is 14.6. The maximum Gasteiger partial charge on any atom is 0.328 e. The summed E-state index contributed by atoms with van der Waals surface area (Å²) in [6, 6.07) is -1.27. The first-order valence-corrected chi connectivity index (χ1v) is 16.8. The highest BCUT2D eigenvalue weighted by Crippen LogP contribution is 2.12. The third kappa shape index (κ3) is 21.4. The molecular weight excluding hydrogens is 566 g/mol. The number of esters is 2. The minimum atomic E-state index is -2.11. The van der Waals surface area contributed by atoms with Crippen molar-refractivity contribution in [2.75, 3.05) is 13.2 Å². The lowest BCUT2D eigenvalue weighted by Crippen LogP contribution is -2.54. The van der Waals surface area contributed by atoms with Crippen molar-refractivity contribution in [1.29, 1.82) is 0 Å². The van der Waals surface area contributed by atoms with Crippen LogP contribution in [0.3, 0.4) is 0 Å². The van der Waals surface area contributed by atoms with Gasteiger partial charge in [0.15, 0.2) is 6.10 Å². The van der Waals surface area contributed by atoms with Crippen molar-refractivity contribution in [2.45, 2.75) is 159 Å². The number of ether oxygens (including phenoxy) is 2. The Balaban J connectivity index is 4.71. The van der Waals surface area contributed by atoms with Gasteiger partial charge in [-0.3, -0.25) is 9.59 Å². The summed E-state index contributed by atoms with van der Waals surface area (Å²) in [7, 11) is 0. The van der Waals surface area contributed by atoms with Crippen molar-refractivity contribution in [3.63, 3.8) is 0 Å². The molecule has 0 aliphatic carbocycles. The minimum absolute atomic E-state index is 0.0923. The van der Waals surface area contributed by atoms with E-state index in [9.17, 15) is 34.8 Å². The largest absolute Gasteiger partial charge is 0.466 e. The molecule has 256 valence electrons. The molecule has 0 aromatic heterocycles. The zero-order chi connectivity index (χ0) is 33.0. The van der Waals surface area contributed by atoms with E-state index in [2.05, 4.69) is 18.5 Å². The van der Waals surface area contributed by atoms with Crippen molar-refractivity contribution in [3.05, 3.63) is 25.3 Å². The van der Waals surface area contributed by atoms with E-state index in [1.807, 2.05) is 12.2 Å². The van der Waals surface area contributed by atoms with Crippen LogP contribution in [0.4, 0.5) is 0 Å². The van der Waals surface area contributed by atoms with E-state index in [1.54, 1.807) is 6.92 Å². The first-order valence-electron chi connectivity index (χ1n) is 16.8. The van der Waals surface area contributed by atoms with Gasteiger partial charge in [0.2, 0.25) is 0 Å². The fraction of sp³-hybridized carbons (Fsp3) is 0.794. The fourth-order valence-electron chi connectivity index (χ4n) is 4.66. The van der Waals surface area contributed by atoms with Gasteiger partial charge >= 0.3 is 11.9 Å². The number of nitrogens with one attached hydrogen (secondary N) is 1. The smallest absolute Gasteiger partial charge is 0.328 e. The highest BCUT2D eigenvalue weighted by Gasteiger charge is 2.35. The molecule has 4 unspecified atom stereocenters. The average Bonchev–Trinajstić information content (AvgIpc) is 3.02. The standard InChI is InChI=1S/C34H61NO9/c1-4-7-9-11-13-15-17-19-21-25-43-29(37)24-23-27(35-33(41)32(40)31(39)30(38)28(36)6-3)34(42)44-26-22-20-18-16-14-12-10-8-5-2/h4-5,27-28,30-32,36,38-40H,1-2,6-26H2,3H3,(H,35,41)/t27-,28?,30?,31?,32?/m0/s1. The van der Waals surface area contributed by atoms with Gasteiger partial charge in [-0.05, 0) is 51.4 Å². The maximum absolute atomic E-state index is 12.8. The second-order valence-electron chi connectivity index (χ2n) is 11.5. The van der Waals surface area contributed by atoms with E-state index in [-0.39, 0.29) is 32.5 Å². The van der Waals surface area contributed by atoms with Gasteiger partial charge in [-0.1, -0.05) is 83.3 Å². The van der Waals surface area contributed by atoms with Crippen LogP contribution in [0.2, 0.25) is 0 Å². The third-order valence-electron chi connectivity index (χ3n) is 7.61. The average molecular weight is 628 g/mol. The quantitative estimate of drug-likeness (QED) is 0.0428. The molecule has 0 saturated carbocycles. The molecule has 0 spiro atoms. The lowest BCUT2D eigenvalue weighted by molar-refractivity contribution is -0.155. The Bertz CT molecular complexity index is 776. The number of carbonyl (C=O) groups is 3. The van der Waals surface area contributed by atoms with Gasteiger partial charge in [0.25, 0.3) is 5.91 Å². The van der Waals surface area contributed by atoms with Crippen molar-refractivity contribution < 1.29 is 44.3 Å². The SMILES string of the molecule is C=CCCCCCCCCCOC(=O)CC[C@H](NC(=O)C(O)C(O)C(O)C(O)CC)C(=O)OCCCCCCCCCC=C. The molecule has 1 amide bonds. The summed E-state index contributed by atoms with van der Waals surface area (Å²) in [5.74, 6) is -2.41. The molecule has 5 N–H and O–H groups in total. The Hall–Kier alpha value is -2.27. The number of rotatable bonds is 30. The number of amides is 1. The van der Waals surface area contributed by atoms with E-state index in [0.717, 1.165) is 83.5 Å². The highest BCUT2D eigenvalue weighted by atomic mass is 16.5. The van der Waals surface area contributed by atoms with Crippen LogP contribution < -0.4 is 5.32 Å². The molecule has 0 rings (SSSR count). The lowest BCUT2D eigenvalue weighted by Gasteiger charge is -2.26. The zero-order valence-corrected chi connectivity index (χ0v) is 27.1. The lowest BCUT2D eigenvalue weighted by atomic mass is 10.0. The Morgan fingerprint density at radius 3 is 1.61 bits per heavy atom. The molecule has 10 heteroatoms. The van der Waals surface area contributed by atoms with Gasteiger partial charge in [0, 0.05) is 6.42 Å². The summed E-state index contributed by atoms with van der Waals surface area (Å²) in [4.78, 5) is 37.8. The van der Waals surface area contributed by atoms with E-state index in [0.29, 0.717) is 6.42 Å². The molecule has 0 aromatic rings. The monoisotopic (exact) mass is 627 g/mol. The Morgan fingerprint density at radius 1 is 0.682 bits per heavy atom. The number of allylic oxidation sites excluding steroid dienone is 2. The van der Waals surface area contributed by atoms with Crippen LogP contribution in [0.5, 0.6) is 0 Å². The topological polar surface area (TPSA) is 163 Å². The van der Waals surface area contributed by atoms with Crippen molar-refractivity contribution in [3.8, 4) is 0 Å². The van der Waals surface area contributed by atoms with Crippen LogP contribution in [0.1, 0.15) is 129 Å². The summed E-state index contributed by atoms with van der Waals surface area (Å²) >= 11 is 0. The second-order valence-corrected chi connectivity index (χ2v) is 11.5. The fourth-order valence-corrected chi connectivity index (χ4v) is 4.66. The predicted octanol–water partition coefficient (Wildman–Crippen LogP) is 4.81. The molecule has 0 aliphatic heterocycles. The number of carbonyl (C=O) groups excluding carboxylic acids is 3. The molecule has 0 heterocycles. The summed E-state index contributed by atoms with van der Waals surface area (Å²) in [5.41, 5.74) is 0. The molecule has 0 radical (unpaired) electrons. The van der Waals surface area contributed by atoms with Crippen LogP contribution in [0.25, 0.3) is 0 Å². The van der Waals surface area contributed by atoms with Gasteiger partial charge in [0.05, 0.1) is 19.3 Å². The van der Waals surface area contributed by atoms with Gasteiger partial charge in [-0.25, -0.2) is 4.79 Å². The maximum atomic E-state index is 12.8. The van der Waals surface area contributed by atoms with Crippen molar-refractivity contribution >= 4 is 17.8 Å². The third-order valence-corrected chi connectivity index (χ3v) is 7.61. The Kier molecular flexibility index (Phi) is 26.8. The zero-order valence-electron chi connectivity index (χ0n) is 27.1. The molecule has 0 aliphatic rings. The number of hydrogen-bond donors (Lipinski definition) is 5. The first kappa shape index (κ1) is 41.7. The molecule has 10 nitrogen and oxygen atoms in total. The van der Waals surface area contributed by atoms with Gasteiger partial charge in [-0.2, -0.15) is 0 Å². The van der Waals surface area contributed by atoms with Gasteiger partial charge in [-0.15, -0.1) is 13.2 Å². The van der Waals surface area contributed by atoms with E-state index >= 15 is 0 Å². The highest BCUT2D eigenvalue weighted by molar-refractivity contribution is 5.87. The summed E-state index contributed by atoms with van der Waals surface area (Å²) in [5, 5.41) is 42.4. The van der Waals surface area contributed by atoms with Crippen LogP contribution in [0, 0.1) is 0 Å². The van der Waals surface area contributed by atoms with Crippen molar-refractivity contribution in [2.24, 2.45) is 0 Å². The molecule has 5 atom stereocenters. The number of aliphatic hydroxyl groups excluding tert-OH is 4. The van der Waals surface area contributed by atoms with Crippen LogP contribution in [-0.4, -0.2) is 81.9 Å². The molecule has 0 bridgehead atoms. The van der Waals surface area contributed by atoms with Crippen LogP contribution in [-0.2, 0) is 23.9 Å². The molecule has 0 fully saturated rings. The van der Waals surface area contributed by atoms with E-state index < -0.39 is 48.3 Å². The minimum Gasteiger partial charge on any atom is -0.466 e. The van der Waals surface area contributed by atoms with Gasteiger partial charge < -0.3 is 35.2 Å². The molecule has 0 aromatic carbocycles. The second kappa shape index (κ2) is 28.2.